The van der Waals surface area contributed by atoms with E-state index in [1.54, 1.807) is 18.3 Å². The molecule has 3 aromatic rings. The molecule has 0 saturated carbocycles. The van der Waals surface area contributed by atoms with E-state index in [1.807, 2.05) is 5.38 Å². The number of hydrogen-bond donors (Lipinski definition) is 1. The molecule has 0 fully saturated rings. The van der Waals surface area contributed by atoms with Gasteiger partial charge in [-0.3, -0.25) is 9.78 Å². The van der Waals surface area contributed by atoms with Gasteiger partial charge in [0.25, 0.3) is 0 Å². The number of primary amides is 1. The third-order valence-electron chi connectivity index (χ3n) is 4.10. The monoisotopic (exact) mass is 323 g/mol. The third-order valence-corrected chi connectivity index (χ3v) is 4.97. The van der Waals surface area contributed by atoms with Gasteiger partial charge in [0.15, 0.2) is 0 Å². The van der Waals surface area contributed by atoms with Crippen LogP contribution in [-0.2, 0) is 0 Å². The zero-order valence-electron chi connectivity index (χ0n) is 13.3. The van der Waals surface area contributed by atoms with E-state index >= 15 is 0 Å². The number of amides is 1. The smallest absolute Gasteiger partial charge is 0.248 e. The summed E-state index contributed by atoms with van der Waals surface area (Å²) in [5.41, 5.74) is 12.3. The highest BCUT2D eigenvalue weighted by atomic mass is 32.1. The Balaban J connectivity index is 2.03. The van der Waals surface area contributed by atoms with Crippen LogP contribution in [0.15, 0.2) is 35.8 Å². The van der Waals surface area contributed by atoms with E-state index < -0.39 is 5.91 Å². The van der Waals surface area contributed by atoms with E-state index in [9.17, 15) is 4.79 Å². The molecule has 3 rings (SSSR count). The van der Waals surface area contributed by atoms with Crippen LogP contribution in [0, 0.1) is 20.8 Å². The van der Waals surface area contributed by atoms with Crippen molar-refractivity contribution >= 4 is 17.2 Å². The number of carbonyl (C=O) groups is 1. The molecule has 2 heterocycles. The number of nitrogens with zero attached hydrogens (tertiary/aromatic N) is 2. The molecule has 1 amide bonds. The van der Waals surface area contributed by atoms with E-state index in [4.69, 9.17) is 5.73 Å². The summed E-state index contributed by atoms with van der Waals surface area (Å²) in [6.07, 6.45) is 1.58. The van der Waals surface area contributed by atoms with Crippen LogP contribution in [0.1, 0.15) is 27.0 Å². The molecule has 4 nitrogen and oxygen atoms in total. The maximum absolute atomic E-state index is 11.3. The van der Waals surface area contributed by atoms with E-state index in [0.717, 1.165) is 16.3 Å². The van der Waals surface area contributed by atoms with Crippen LogP contribution in [-0.4, -0.2) is 15.9 Å². The van der Waals surface area contributed by atoms with Gasteiger partial charge in [-0.25, -0.2) is 4.98 Å². The molecule has 0 spiro atoms. The summed E-state index contributed by atoms with van der Waals surface area (Å²) in [5, 5.41) is 2.80. The number of aryl methyl sites for hydroxylation is 1. The Kier molecular flexibility index (Phi) is 3.96. The Labute approximate surface area is 139 Å². The van der Waals surface area contributed by atoms with Crippen molar-refractivity contribution < 1.29 is 4.79 Å². The van der Waals surface area contributed by atoms with Crippen LogP contribution in [0.25, 0.3) is 22.0 Å². The van der Waals surface area contributed by atoms with Crippen LogP contribution in [0.3, 0.4) is 0 Å². The van der Waals surface area contributed by atoms with Crippen molar-refractivity contribution in [3.8, 4) is 22.0 Å². The maximum Gasteiger partial charge on any atom is 0.248 e. The normalized spacial score (nSPS) is 10.7. The number of hydrogen-bond acceptors (Lipinski definition) is 4. The summed E-state index contributed by atoms with van der Waals surface area (Å²) >= 11 is 1.51. The molecule has 0 aliphatic rings. The fraction of sp³-hybridized carbons (Fsp3) is 0.167. The second-order valence-electron chi connectivity index (χ2n) is 5.51. The van der Waals surface area contributed by atoms with Gasteiger partial charge in [-0.2, -0.15) is 0 Å². The molecule has 0 aliphatic carbocycles. The standard InChI is InChI=1S/C18H17N3OS/c1-10-4-5-14(12(3)11(10)2)16-9-23-18(21-16)15-8-13(17(19)22)6-7-20-15/h4-9H,1-3H3,(H2,19,22). The highest BCUT2D eigenvalue weighted by Crippen LogP contribution is 2.31. The summed E-state index contributed by atoms with van der Waals surface area (Å²) in [6.45, 7) is 6.35. The summed E-state index contributed by atoms with van der Waals surface area (Å²) in [4.78, 5) is 20.3. The summed E-state index contributed by atoms with van der Waals surface area (Å²) in [7, 11) is 0. The number of nitrogens with two attached hydrogens (primary N) is 1. The van der Waals surface area contributed by atoms with Gasteiger partial charge in [0, 0.05) is 22.7 Å². The lowest BCUT2D eigenvalue weighted by molar-refractivity contribution is 0.1000. The Morgan fingerprint density at radius 3 is 2.61 bits per heavy atom. The molecular weight excluding hydrogens is 306 g/mol. The molecule has 0 unspecified atom stereocenters. The second kappa shape index (κ2) is 5.93. The summed E-state index contributed by atoms with van der Waals surface area (Å²) in [6, 6.07) is 7.50. The molecule has 5 heteroatoms. The summed E-state index contributed by atoms with van der Waals surface area (Å²) < 4.78 is 0. The second-order valence-corrected chi connectivity index (χ2v) is 6.37. The highest BCUT2D eigenvalue weighted by Gasteiger charge is 2.12. The Morgan fingerprint density at radius 2 is 1.87 bits per heavy atom. The van der Waals surface area contributed by atoms with Gasteiger partial charge in [-0.1, -0.05) is 12.1 Å². The maximum atomic E-state index is 11.3. The number of pyridine rings is 1. The lowest BCUT2D eigenvalue weighted by Gasteiger charge is -2.09. The Bertz CT molecular complexity index is 899. The molecule has 23 heavy (non-hydrogen) atoms. The van der Waals surface area contributed by atoms with Crippen LogP contribution in [0.5, 0.6) is 0 Å². The van der Waals surface area contributed by atoms with E-state index in [1.165, 1.54) is 28.0 Å². The van der Waals surface area contributed by atoms with Crippen LogP contribution in [0.2, 0.25) is 0 Å². The first-order valence-electron chi connectivity index (χ1n) is 7.26. The van der Waals surface area contributed by atoms with Crippen molar-refractivity contribution in [1.29, 1.82) is 0 Å². The predicted octanol–water partition coefficient (Wildman–Crippen LogP) is 3.90. The molecule has 2 N–H and O–H groups in total. The van der Waals surface area contributed by atoms with Gasteiger partial charge in [0.1, 0.15) is 5.01 Å². The minimum Gasteiger partial charge on any atom is -0.366 e. The first kappa shape index (κ1) is 15.4. The predicted molar refractivity (Wildman–Crippen MR) is 93.5 cm³/mol. The molecule has 2 aromatic heterocycles. The molecule has 0 radical (unpaired) electrons. The minimum absolute atomic E-state index is 0.439. The summed E-state index contributed by atoms with van der Waals surface area (Å²) in [5.74, 6) is -0.463. The number of benzene rings is 1. The average molecular weight is 323 g/mol. The number of aromatic nitrogens is 2. The SMILES string of the molecule is Cc1ccc(-c2csc(-c3cc(C(N)=O)ccn3)n2)c(C)c1C. The van der Waals surface area contributed by atoms with Crippen LogP contribution in [0.4, 0.5) is 0 Å². The number of carbonyl (C=O) groups excluding carboxylic acids is 1. The van der Waals surface area contributed by atoms with E-state index in [-0.39, 0.29) is 0 Å². The van der Waals surface area contributed by atoms with Crippen molar-refractivity contribution in [2.24, 2.45) is 5.73 Å². The number of rotatable bonds is 3. The van der Waals surface area contributed by atoms with Gasteiger partial charge < -0.3 is 5.73 Å². The highest BCUT2D eigenvalue weighted by molar-refractivity contribution is 7.13. The van der Waals surface area contributed by atoms with Gasteiger partial charge in [0.2, 0.25) is 5.91 Å². The fourth-order valence-corrected chi connectivity index (χ4v) is 3.24. The minimum atomic E-state index is -0.463. The molecule has 0 saturated heterocycles. The quantitative estimate of drug-likeness (QED) is 0.795. The van der Waals surface area contributed by atoms with Gasteiger partial charge in [-0.15, -0.1) is 11.3 Å². The Hall–Kier alpha value is -2.53. The topological polar surface area (TPSA) is 68.9 Å². The average Bonchev–Trinajstić information content (AvgIpc) is 3.02. The largest absolute Gasteiger partial charge is 0.366 e. The van der Waals surface area contributed by atoms with Crippen molar-refractivity contribution in [2.45, 2.75) is 20.8 Å². The molecule has 1 aromatic carbocycles. The van der Waals surface area contributed by atoms with Crippen LogP contribution < -0.4 is 5.73 Å². The fourth-order valence-electron chi connectivity index (χ4n) is 2.45. The van der Waals surface area contributed by atoms with Crippen LogP contribution >= 0.6 is 11.3 Å². The molecular formula is C18H17N3OS. The molecule has 0 aliphatic heterocycles. The van der Waals surface area contributed by atoms with Gasteiger partial charge >= 0.3 is 0 Å². The van der Waals surface area contributed by atoms with Gasteiger partial charge in [0.05, 0.1) is 11.4 Å². The lowest BCUT2D eigenvalue weighted by atomic mass is 9.97. The molecule has 0 bridgehead atoms. The van der Waals surface area contributed by atoms with E-state index in [2.05, 4.69) is 42.9 Å². The third kappa shape index (κ3) is 2.87. The molecule has 116 valence electrons. The lowest BCUT2D eigenvalue weighted by Crippen LogP contribution is -2.10. The Morgan fingerprint density at radius 1 is 1.09 bits per heavy atom. The van der Waals surface area contributed by atoms with Crippen molar-refractivity contribution in [1.82, 2.24) is 9.97 Å². The number of thiazole rings is 1. The molecule has 0 atom stereocenters. The van der Waals surface area contributed by atoms with Crippen molar-refractivity contribution in [3.63, 3.8) is 0 Å². The van der Waals surface area contributed by atoms with Crippen molar-refractivity contribution in [3.05, 3.63) is 58.1 Å². The van der Waals surface area contributed by atoms with Gasteiger partial charge in [-0.05, 0) is 49.6 Å². The first-order valence-corrected chi connectivity index (χ1v) is 8.14. The van der Waals surface area contributed by atoms with E-state index in [0.29, 0.717) is 11.3 Å². The zero-order chi connectivity index (χ0) is 16.6. The van der Waals surface area contributed by atoms with Crippen molar-refractivity contribution in [2.75, 3.05) is 0 Å². The first-order chi connectivity index (χ1) is 11.0. The zero-order valence-corrected chi connectivity index (χ0v) is 14.1.